The molecule has 0 atom stereocenters. The van der Waals surface area contributed by atoms with E-state index in [1.165, 1.54) is 11.1 Å². The van der Waals surface area contributed by atoms with Gasteiger partial charge in [0.2, 0.25) is 0 Å². The van der Waals surface area contributed by atoms with Gasteiger partial charge in [0.15, 0.2) is 0 Å². The quantitative estimate of drug-likeness (QED) is 0.653. The Bertz CT molecular complexity index is 433. The highest BCUT2D eigenvalue weighted by atomic mass is 16.4. The van der Waals surface area contributed by atoms with Gasteiger partial charge in [-0.3, -0.25) is 4.90 Å². The highest BCUT2D eigenvalue weighted by molar-refractivity contribution is 5.84. The van der Waals surface area contributed by atoms with Crippen molar-refractivity contribution in [1.82, 2.24) is 4.90 Å². The van der Waals surface area contributed by atoms with Crippen LogP contribution in [0.5, 0.6) is 0 Å². The average Bonchev–Trinajstić information content (AvgIpc) is 2.39. The maximum Gasteiger partial charge on any atom is 0.0596 e. The van der Waals surface area contributed by atoms with E-state index in [4.69, 9.17) is 5.21 Å². The summed E-state index contributed by atoms with van der Waals surface area (Å²) in [7, 11) is 0. The maximum absolute atomic E-state index is 8.74. The molecule has 104 valence electrons. The minimum atomic E-state index is 0.218. The van der Waals surface area contributed by atoms with Crippen LogP contribution in [0.1, 0.15) is 44.7 Å². The summed E-state index contributed by atoms with van der Waals surface area (Å²) in [4.78, 5) is 2.42. The Kier molecular flexibility index (Phi) is 4.25. The Morgan fingerprint density at radius 3 is 2.16 bits per heavy atom. The van der Waals surface area contributed by atoms with Crippen molar-refractivity contribution in [2.75, 3.05) is 13.1 Å². The Balaban J connectivity index is 1.94. The molecule has 0 spiro atoms. The number of hydrogen-bond donors (Lipinski definition) is 1. The highest BCUT2D eigenvalue weighted by Gasteiger charge is 2.16. The Morgan fingerprint density at radius 1 is 1.11 bits per heavy atom. The molecule has 1 fully saturated rings. The topological polar surface area (TPSA) is 35.8 Å². The number of nitrogens with zero attached hydrogens (tertiary/aromatic N) is 2. The molecule has 1 aliphatic rings. The standard InChI is InChI=1S/C16H24N2O/c1-16(2,3)14-6-4-13(5-7-14)12-18-10-8-15(17-19)9-11-18/h4-7,19H,8-12H2,1-3H3. The second kappa shape index (κ2) is 5.74. The molecule has 1 saturated heterocycles. The molecule has 1 heterocycles. The van der Waals surface area contributed by atoms with Gasteiger partial charge >= 0.3 is 0 Å². The number of benzene rings is 1. The van der Waals surface area contributed by atoms with Crippen molar-refractivity contribution in [2.45, 2.75) is 45.6 Å². The lowest BCUT2D eigenvalue weighted by Crippen LogP contribution is -2.33. The minimum Gasteiger partial charge on any atom is -0.411 e. The molecule has 0 radical (unpaired) electrons. The summed E-state index contributed by atoms with van der Waals surface area (Å²) in [5.74, 6) is 0. The molecule has 19 heavy (non-hydrogen) atoms. The summed E-state index contributed by atoms with van der Waals surface area (Å²) in [6, 6.07) is 8.94. The predicted molar refractivity (Wildman–Crippen MR) is 78.9 cm³/mol. The van der Waals surface area contributed by atoms with Crippen molar-refractivity contribution in [3.05, 3.63) is 35.4 Å². The van der Waals surface area contributed by atoms with E-state index in [0.717, 1.165) is 38.2 Å². The first-order valence-electron chi connectivity index (χ1n) is 7.00. The van der Waals surface area contributed by atoms with Crippen LogP contribution in [-0.4, -0.2) is 28.9 Å². The zero-order valence-electron chi connectivity index (χ0n) is 12.2. The Labute approximate surface area is 115 Å². The molecular formula is C16H24N2O. The predicted octanol–water partition coefficient (Wildman–Crippen LogP) is 3.41. The van der Waals surface area contributed by atoms with E-state index < -0.39 is 0 Å². The summed E-state index contributed by atoms with van der Waals surface area (Å²) >= 11 is 0. The molecular weight excluding hydrogens is 236 g/mol. The van der Waals surface area contributed by atoms with Gasteiger partial charge in [0.05, 0.1) is 5.71 Å². The van der Waals surface area contributed by atoms with Crippen molar-refractivity contribution in [1.29, 1.82) is 0 Å². The van der Waals surface area contributed by atoms with Gasteiger partial charge in [-0.1, -0.05) is 50.2 Å². The van der Waals surface area contributed by atoms with Crippen LogP contribution >= 0.6 is 0 Å². The van der Waals surface area contributed by atoms with E-state index in [9.17, 15) is 0 Å². The summed E-state index contributed by atoms with van der Waals surface area (Å²) in [6.45, 7) is 9.68. The summed E-state index contributed by atoms with van der Waals surface area (Å²) < 4.78 is 0. The number of oxime groups is 1. The van der Waals surface area contributed by atoms with Crippen LogP contribution in [0.2, 0.25) is 0 Å². The van der Waals surface area contributed by atoms with Crippen molar-refractivity contribution in [3.63, 3.8) is 0 Å². The molecule has 3 nitrogen and oxygen atoms in total. The lowest BCUT2D eigenvalue weighted by atomic mass is 9.86. The molecule has 0 bridgehead atoms. The lowest BCUT2D eigenvalue weighted by Gasteiger charge is -2.27. The van der Waals surface area contributed by atoms with E-state index in [1.807, 2.05) is 0 Å². The lowest BCUT2D eigenvalue weighted by molar-refractivity contribution is 0.256. The van der Waals surface area contributed by atoms with Crippen molar-refractivity contribution in [2.24, 2.45) is 5.16 Å². The molecule has 0 amide bonds. The highest BCUT2D eigenvalue weighted by Crippen LogP contribution is 2.22. The first-order chi connectivity index (χ1) is 8.99. The zero-order valence-corrected chi connectivity index (χ0v) is 12.2. The molecule has 3 heteroatoms. The van der Waals surface area contributed by atoms with Gasteiger partial charge in [-0.05, 0) is 16.5 Å². The second-order valence-corrected chi connectivity index (χ2v) is 6.39. The third-order valence-corrected chi connectivity index (χ3v) is 3.80. The Morgan fingerprint density at radius 2 is 1.68 bits per heavy atom. The summed E-state index contributed by atoms with van der Waals surface area (Å²) in [6.07, 6.45) is 1.77. The molecule has 1 N–H and O–H groups in total. The fourth-order valence-electron chi connectivity index (χ4n) is 2.44. The average molecular weight is 260 g/mol. The van der Waals surface area contributed by atoms with Gasteiger partial charge in [-0.25, -0.2) is 0 Å². The minimum absolute atomic E-state index is 0.218. The summed E-state index contributed by atoms with van der Waals surface area (Å²) in [5.41, 5.74) is 3.89. The number of piperidine rings is 1. The Hall–Kier alpha value is -1.35. The maximum atomic E-state index is 8.74. The van der Waals surface area contributed by atoms with E-state index in [0.29, 0.717) is 0 Å². The van der Waals surface area contributed by atoms with Gasteiger partial charge in [-0.15, -0.1) is 0 Å². The van der Waals surface area contributed by atoms with Crippen molar-refractivity contribution in [3.8, 4) is 0 Å². The number of hydrogen-bond acceptors (Lipinski definition) is 3. The smallest absolute Gasteiger partial charge is 0.0596 e. The van der Waals surface area contributed by atoms with Crippen LogP contribution in [0.4, 0.5) is 0 Å². The monoisotopic (exact) mass is 260 g/mol. The molecule has 0 unspecified atom stereocenters. The van der Waals surface area contributed by atoms with Gasteiger partial charge in [0.25, 0.3) is 0 Å². The second-order valence-electron chi connectivity index (χ2n) is 6.39. The van der Waals surface area contributed by atoms with Crippen molar-refractivity contribution < 1.29 is 5.21 Å². The van der Waals surface area contributed by atoms with Gasteiger partial charge in [-0.2, -0.15) is 0 Å². The third kappa shape index (κ3) is 3.80. The molecule has 1 aliphatic heterocycles. The van der Waals surface area contributed by atoms with E-state index in [2.05, 4.69) is 55.1 Å². The molecule has 0 saturated carbocycles. The van der Waals surface area contributed by atoms with Crippen LogP contribution in [0.3, 0.4) is 0 Å². The molecule has 1 aromatic rings. The van der Waals surface area contributed by atoms with Crippen LogP contribution in [0, 0.1) is 0 Å². The first kappa shape index (κ1) is 14.1. The van der Waals surface area contributed by atoms with E-state index in [1.54, 1.807) is 0 Å². The number of likely N-dealkylation sites (tertiary alicyclic amines) is 1. The SMILES string of the molecule is CC(C)(C)c1ccc(CN2CCC(=NO)CC2)cc1. The van der Waals surface area contributed by atoms with Gasteiger partial charge in [0.1, 0.15) is 0 Å². The zero-order chi connectivity index (χ0) is 13.9. The molecule has 2 rings (SSSR count). The summed E-state index contributed by atoms with van der Waals surface area (Å²) in [5, 5.41) is 12.1. The fourth-order valence-corrected chi connectivity index (χ4v) is 2.44. The first-order valence-corrected chi connectivity index (χ1v) is 7.00. The molecule has 1 aromatic carbocycles. The molecule has 0 aliphatic carbocycles. The van der Waals surface area contributed by atoms with E-state index >= 15 is 0 Å². The number of rotatable bonds is 2. The van der Waals surface area contributed by atoms with Gasteiger partial charge in [0, 0.05) is 32.5 Å². The molecule has 0 aromatic heterocycles. The van der Waals surface area contributed by atoms with Crippen LogP contribution in [0.25, 0.3) is 0 Å². The third-order valence-electron chi connectivity index (χ3n) is 3.80. The normalized spacial score (nSPS) is 17.5. The van der Waals surface area contributed by atoms with Crippen LogP contribution < -0.4 is 0 Å². The van der Waals surface area contributed by atoms with E-state index in [-0.39, 0.29) is 5.41 Å². The van der Waals surface area contributed by atoms with Gasteiger partial charge < -0.3 is 5.21 Å². The fraction of sp³-hybridized carbons (Fsp3) is 0.562. The van der Waals surface area contributed by atoms with Crippen molar-refractivity contribution >= 4 is 5.71 Å². The van der Waals surface area contributed by atoms with Crippen LogP contribution in [-0.2, 0) is 12.0 Å². The largest absolute Gasteiger partial charge is 0.411 e. The van der Waals surface area contributed by atoms with Crippen LogP contribution in [0.15, 0.2) is 29.4 Å².